The molecule has 1 amide bonds. The number of benzene rings is 1. The number of hydrogen-bond acceptors (Lipinski definition) is 1. The Morgan fingerprint density at radius 3 is 2.65 bits per heavy atom. The summed E-state index contributed by atoms with van der Waals surface area (Å²) in [5.41, 5.74) is 1.44. The van der Waals surface area contributed by atoms with E-state index in [1.165, 1.54) is 6.42 Å². The zero-order valence-corrected chi connectivity index (χ0v) is 14.0. The van der Waals surface area contributed by atoms with Crippen LogP contribution in [-0.4, -0.2) is 23.4 Å². The van der Waals surface area contributed by atoms with Crippen molar-refractivity contribution in [2.24, 2.45) is 10.8 Å². The largest absolute Gasteiger partial charge is 0.335 e. The zero-order valence-electron chi connectivity index (χ0n) is 12.4. The fourth-order valence-corrected chi connectivity index (χ4v) is 4.94. The van der Waals surface area contributed by atoms with Gasteiger partial charge in [0.2, 0.25) is 0 Å². The summed E-state index contributed by atoms with van der Waals surface area (Å²) in [5.74, 6) is 0.184. The molecule has 1 heterocycles. The maximum Gasteiger partial charge on any atom is 0.255 e. The van der Waals surface area contributed by atoms with Crippen LogP contribution in [0.15, 0.2) is 28.7 Å². The molecule has 1 aliphatic carbocycles. The van der Waals surface area contributed by atoms with Crippen LogP contribution in [0.3, 0.4) is 0 Å². The summed E-state index contributed by atoms with van der Waals surface area (Å²) >= 11 is 3.50. The van der Waals surface area contributed by atoms with Gasteiger partial charge in [0.1, 0.15) is 0 Å². The van der Waals surface area contributed by atoms with Gasteiger partial charge in [0.15, 0.2) is 0 Å². The molecule has 1 aromatic carbocycles. The van der Waals surface area contributed by atoms with E-state index >= 15 is 0 Å². The van der Waals surface area contributed by atoms with E-state index in [-0.39, 0.29) is 5.91 Å². The maximum absolute atomic E-state index is 12.9. The molecule has 1 aliphatic heterocycles. The molecule has 3 heteroatoms. The molecule has 2 aliphatic rings. The van der Waals surface area contributed by atoms with Crippen molar-refractivity contribution in [3.05, 3.63) is 34.3 Å². The molecule has 1 aromatic rings. The number of halogens is 1. The van der Waals surface area contributed by atoms with Crippen LogP contribution < -0.4 is 0 Å². The van der Waals surface area contributed by atoms with Crippen molar-refractivity contribution in [1.29, 1.82) is 0 Å². The van der Waals surface area contributed by atoms with Crippen molar-refractivity contribution >= 4 is 21.8 Å². The smallest absolute Gasteiger partial charge is 0.255 e. The number of fused-ring (bicyclic) bond motifs is 2. The Kier molecular flexibility index (Phi) is 3.24. The number of nitrogens with zero attached hydrogens (tertiary/aromatic N) is 1. The monoisotopic (exact) mass is 335 g/mol. The van der Waals surface area contributed by atoms with Crippen molar-refractivity contribution in [3.63, 3.8) is 0 Å². The van der Waals surface area contributed by atoms with E-state index in [4.69, 9.17) is 0 Å². The fraction of sp³-hybridized carbons (Fsp3) is 0.588. The molecule has 0 spiro atoms. The zero-order chi connectivity index (χ0) is 14.5. The van der Waals surface area contributed by atoms with E-state index < -0.39 is 0 Å². The molecule has 0 N–H and O–H groups in total. The Hall–Kier alpha value is -0.830. The van der Waals surface area contributed by atoms with Gasteiger partial charge in [0, 0.05) is 17.1 Å². The van der Waals surface area contributed by atoms with E-state index in [0.717, 1.165) is 29.4 Å². The third kappa shape index (κ3) is 2.41. The topological polar surface area (TPSA) is 20.3 Å². The van der Waals surface area contributed by atoms with Crippen LogP contribution in [0.5, 0.6) is 0 Å². The first-order valence-corrected chi connectivity index (χ1v) is 8.15. The lowest BCUT2D eigenvalue weighted by Gasteiger charge is -2.39. The molecule has 3 rings (SSSR count). The van der Waals surface area contributed by atoms with Crippen LogP contribution in [0, 0.1) is 10.8 Å². The minimum atomic E-state index is 0.184. The average molecular weight is 336 g/mol. The van der Waals surface area contributed by atoms with Crippen molar-refractivity contribution in [2.75, 3.05) is 6.54 Å². The summed E-state index contributed by atoms with van der Waals surface area (Å²) in [4.78, 5) is 15.0. The van der Waals surface area contributed by atoms with Crippen molar-refractivity contribution in [1.82, 2.24) is 4.90 Å². The lowest BCUT2D eigenvalue weighted by Crippen LogP contribution is -2.37. The average Bonchev–Trinajstić information content (AvgIpc) is 2.58. The number of carbonyl (C=O) groups is 1. The molecule has 2 bridgehead atoms. The lowest BCUT2D eigenvalue weighted by atomic mass is 9.65. The van der Waals surface area contributed by atoms with Crippen molar-refractivity contribution < 1.29 is 4.79 Å². The first-order chi connectivity index (χ1) is 9.30. The summed E-state index contributed by atoms with van der Waals surface area (Å²) < 4.78 is 0.899. The molecular formula is C17H22BrNO. The van der Waals surface area contributed by atoms with Gasteiger partial charge >= 0.3 is 0 Å². The third-order valence-corrected chi connectivity index (χ3v) is 5.47. The Bertz CT molecular complexity index is 554. The molecule has 0 radical (unpaired) electrons. The Morgan fingerprint density at radius 2 is 1.95 bits per heavy atom. The highest BCUT2D eigenvalue weighted by Crippen LogP contribution is 2.52. The highest BCUT2D eigenvalue weighted by molar-refractivity contribution is 9.10. The van der Waals surface area contributed by atoms with E-state index in [0.29, 0.717) is 16.9 Å². The highest BCUT2D eigenvalue weighted by atomic mass is 79.9. The van der Waals surface area contributed by atoms with Gasteiger partial charge in [0.25, 0.3) is 5.91 Å². The summed E-state index contributed by atoms with van der Waals surface area (Å²) in [6.07, 6.45) is 3.50. The molecule has 2 fully saturated rings. The van der Waals surface area contributed by atoms with E-state index in [1.54, 1.807) is 0 Å². The van der Waals surface area contributed by atoms with Crippen LogP contribution in [0.4, 0.5) is 0 Å². The van der Waals surface area contributed by atoms with Crippen LogP contribution in [0.25, 0.3) is 0 Å². The van der Waals surface area contributed by atoms with Crippen molar-refractivity contribution in [2.45, 2.75) is 46.1 Å². The molecule has 20 heavy (non-hydrogen) atoms. The second-order valence-corrected chi connectivity index (χ2v) is 8.48. The lowest BCUT2D eigenvalue weighted by molar-refractivity contribution is 0.0707. The summed E-state index contributed by atoms with van der Waals surface area (Å²) in [5, 5.41) is 0. The minimum absolute atomic E-state index is 0.184. The molecule has 108 valence electrons. The number of likely N-dealkylation sites (tertiary alicyclic amines) is 1. The number of carbonyl (C=O) groups excluding carboxylic acids is 1. The predicted octanol–water partition coefficient (Wildman–Crippen LogP) is 4.49. The summed E-state index contributed by atoms with van der Waals surface area (Å²) in [7, 11) is 0. The molecule has 1 saturated carbocycles. The summed E-state index contributed by atoms with van der Waals surface area (Å²) in [6.45, 7) is 7.92. The Balaban J connectivity index is 1.89. The Labute approximate surface area is 129 Å². The molecular weight excluding hydrogens is 314 g/mol. The first kappa shape index (κ1) is 14.1. The fourth-order valence-electron chi connectivity index (χ4n) is 4.49. The van der Waals surface area contributed by atoms with Crippen LogP contribution in [0.2, 0.25) is 0 Å². The van der Waals surface area contributed by atoms with Gasteiger partial charge in [-0.1, -0.05) is 32.9 Å². The van der Waals surface area contributed by atoms with E-state index in [1.807, 2.05) is 24.3 Å². The third-order valence-electron chi connectivity index (χ3n) is 4.78. The van der Waals surface area contributed by atoms with Gasteiger partial charge in [0.05, 0.1) is 5.56 Å². The van der Waals surface area contributed by atoms with Gasteiger partial charge in [-0.15, -0.1) is 0 Å². The highest BCUT2D eigenvalue weighted by Gasteiger charge is 2.51. The second kappa shape index (κ2) is 4.59. The van der Waals surface area contributed by atoms with Crippen LogP contribution >= 0.6 is 15.9 Å². The van der Waals surface area contributed by atoms with Gasteiger partial charge in [-0.05, 0) is 58.2 Å². The van der Waals surface area contributed by atoms with Crippen LogP contribution in [-0.2, 0) is 0 Å². The van der Waals surface area contributed by atoms with Gasteiger partial charge in [-0.2, -0.15) is 0 Å². The van der Waals surface area contributed by atoms with Gasteiger partial charge < -0.3 is 4.90 Å². The van der Waals surface area contributed by atoms with Gasteiger partial charge in [-0.25, -0.2) is 0 Å². The number of hydrogen-bond donors (Lipinski definition) is 0. The van der Waals surface area contributed by atoms with E-state index in [2.05, 4.69) is 41.6 Å². The molecule has 2 nitrogen and oxygen atoms in total. The molecule has 1 saturated heterocycles. The normalized spacial score (nSPS) is 31.4. The van der Waals surface area contributed by atoms with Crippen molar-refractivity contribution in [3.8, 4) is 0 Å². The number of amides is 1. The molecule has 2 atom stereocenters. The number of rotatable bonds is 1. The quantitative estimate of drug-likeness (QED) is 0.740. The Morgan fingerprint density at radius 1 is 1.25 bits per heavy atom. The SMILES string of the molecule is CC1(C)CC2CC(C)(CN2C(=O)c2ccccc2Br)C1. The molecule has 0 aromatic heterocycles. The maximum atomic E-state index is 12.9. The second-order valence-electron chi connectivity index (χ2n) is 7.63. The van der Waals surface area contributed by atoms with E-state index in [9.17, 15) is 4.79 Å². The predicted molar refractivity (Wildman–Crippen MR) is 84.7 cm³/mol. The summed E-state index contributed by atoms with van der Waals surface area (Å²) in [6, 6.07) is 8.16. The first-order valence-electron chi connectivity index (χ1n) is 7.35. The van der Waals surface area contributed by atoms with Crippen LogP contribution in [0.1, 0.15) is 50.4 Å². The van der Waals surface area contributed by atoms with Gasteiger partial charge in [-0.3, -0.25) is 4.79 Å². The minimum Gasteiger partial charge on any atom is -0.335 e. The standard InChI is InChI=1S/C17H22BrNO/c1-16(2)8-12-9-17(3,10-16)11-19(12)15(20)13-6-4-5-7-14(13)18/h4-7,12H,8-11H2,1-3H3. The molecule has 2 unspecified atom stereocenters.